The van der Waals surface area contributed by atoms with Crippen LogP contribution in [0.3, 0.4) is 0 Å². The fraction of sp³-hybridized carbons (Fsp3) is 0.745. The van der Waals surface area contributed by atoms with Gasteiger partial charge in [0.1, 0.15) is 43.2 Å². The van der Waals surface area contributed by atoms with Gasteiger partial charge in [-0.2, -0.15) is 0 Å². The normalized spacial score (nSPS) is 25.7. The van der Waals surface area contributed by atoms with E-state index in [-0.39, 0.29) is 25.0 Å². The van der Waals surface area contributed by atoms with Crippen LogP contribution in [0.2, 0.25) is 0 Å². The van der Waals surface area contributed by atoms with Crippen molar-refractivity contribution in [3.8, 4) is 0 Å². The first-order valence-corrected chi connectivity index (χ1v) is 24.7. The van der Waals surface area contributed by atoms with Gasteiger partial charge in [0.25, 0.3) is 0 Å². The second kappa shape index (κ2) is 33.9. The van der Waals surface area contributed by atoms with Crippen molar-refractivity contribution in [3.63, 3.8) is 0 Å². The van der Waals surface area contributed by atoms with E-state index in [9.17, 15) is 44.6 Å². The summed E-state index contributed by atoms with van der Waals surface area (Å²) in [6.45, 7) is 3.11. The molecule has 0 aromatic rings. The zero-order chi connectivity index (χ0) is 45.4. The molecule has 0 aromatic carbocycles. The molecule has 0 amide bonds. The van der Waals surface area contributed by atoms with Gasteiger partial charge in [0, 0.05) is 12.8 Å². The van der Waals surface area contributed by atoms with Crippen LogP contribution in [-0.2, 0) is 37.4 Å². The van der Waals surface area contributed by atoms with E-state index >= 15 is 0 Å². The first-order valence-electron chi connectivity index (χ1n) is 23.2. The zero-order valence-electron chi connectivity index (χ0n) is 37.3. The Kier molecular flexibility index (Phi) is 30.5. The van der Waals surface area contributed by atoms with E-state index in [0.29, 0.717) is 19.3 Å². The second-order valence-corrected chi connectivity index (χ2v) is 17.7. The molecule has 6 N–H and O–H groups in total. The molecule has 15 heteroatoms. The lowest BCUT2D eigenvalue weighted by atomic mass is 9.85. The molecular weight excluding hydrogens is 819 g/mol. The fourth-order valence-electron chi connectivity index (χ4n) is 6.89. The maximum absolute atomic E-state index is 12.8. The van der Waals surface area contributed by atoms with E-state index in [0.717, 1.165) is 70.6 Å². The summed E-state index contributed by atoms with van der Waals surface area (Å²) in [4.78, 5) is 35.7. The lowest BCUT2D eigenvalue weighted by molar-refractivity contribution is -0.220. The maximum Gasteiger partial charge on any atom is 0.472 e. The summed E-state index contributed by atoms with van der Waals surface area (Å²) < 4.78 is 39.2. The van der Waals surface area contributed by atoms with Crippen LogP contribution in [-0.4, -0.2) is 111 Å². The van der Waals surface area contributed by atoms with Crippen molar-refractivity contribution in [3.05, 3.63) is 60.8 Å². The van der Waals surface area contributed by atoms with Crippen LogP contribution >= 0.6 is 7.82 Å². The van der Waals surface area contributed by atoms with Crippen molar-refractivity contribution < 1.29 is 67.8 Å². The molecule has 14 nitrogen and oxygen atoms in total. The third-order valence-electron chi connectivity index (χ3n) is 10.7. The van der Waals surface area contributed by atoms with Crippen molar-refractivity contribution in [2.45, 2.75) is 210 Å². The number of rotatable bonds is 36. The van der Waals surface area contributed by atoms with E-state index in [4.69, 9.17) is 23.3 Å². The number of unbranched alkanes of at least 4 members (excludes halogenated alkanes) is 12. The number of esters is 2. The number of ether oxygens (including phenoxy) is 3. The Morgan fingerprint density at radius 3 is 1.66 bits per heavy atom. The topological polar surface area (TPSA) is 222 Å². The Labute approximate surface area is 370 Å². The van der Waals surface area contributed by atoms with Crippen molar-refractivity contribution in [1.82, 2.24) is 0 Å². The van der Waals surface area contributed by atoms with E-state index in [1.165, 1.54) is 38.5 Å². The zero-order valence-corrected chi connectivity index (χ0v) is 38.2. The summed E-state index contributed by atoms with van der Waals surface area (Å²) in [6.07, 6.45) is 28.8. The molecule has 2 aliphatic rings. The summed E-state index contributed by atoms with van der Waals surface area (Å²) in [7, 11) is -5.14. The number of hydrogen-bond donors (Lipinski definition) is 6. The monoisotopic (exact) mass is 899 g/mol. The van der Waals surface area contributed by atoms with Gasteiger partial charge in [-0.25, -0.2) is 4.57 Å². The minimum atomic E-state index is -5.14. The number of epoxide rings is 1. The van der Waals surface area contributed by atoms with Gasteiger partial charge >= 0.3 is 19.8 Å². The molecule has 1 heterocycles. The number of aliphatic hydroxyl groups is 5. The Hall–Kier alpha value is -2.49. The third kappa shape index (κ3) is 25.7. The van der Waals surface area contributed by atoms with Crippen LogP contribution in [0, 0.1) is 0 Å². The largest absolute Gasteiger partial charge is 0.472 e. The number of phosphoric acid groups is 1. The van der Waals surface area contributed by atoms with Gasteiger partial charge in [-0.1, -0.05) is 126 Å². The fourth-order valence-corrected chi connectivity index (χ4v) is 7.86. The van der Waals surface area contributed by atoms with Crippen LogP contribution in [0.1, 0.15) is 155 Å². The molecule has 0 bridgehead atoms. The Bertz CT molecular complexity index is 1380. The molecule has 62 heavy (non-hydrogen) atoms. The lowest BCUT2D eigenvalue weighted by Gasteiger charge is -2.41. The molecule has 356 valence electrons. The molecule has 2 fully saturated rings. The molecule has 1 aliphatic carbocycles. The molecule has 8 unspecified atom stereocenters. The predicted octanol–water partition coefficient (Wildman–Crippen LogP) is 7.93. The van der Waals surface area contributed by atoms with Gasteiger partial charge in [-0.3, -0.25) is 18.6 Å². The van der Waals surface area contributed by atoms with Gasteiger partial charge in [-0.05, 0) is 77.0 Å². The third-order valence-corrected chi connectivity index (χ3v) is 11.7. The summed E-state index contributed by atoms with van der Waals surface area (Å²) in [5, 5.41) is 50.2. The highest BCUT2D eigenvalue weighted by atomic mass is 31.2. The van der Waals surface area contributed by atoms with Gasteiger partial charge in [0.05, 0.1) is 18.8 Å². The molecule has 8 atom stereocenters. The van der Waals surface area contributed by atoms with Crippen LogP contribution in [0.4, 0.5) is 0 Å². The summed E-state index contributed by atoms with van der Waals surface area (Å²) in [5.74, 6) is -1.19. The number of carbonyl (C=O) groups excluding carboxylic acids is 2. The summed E-state index contributed by atoms with van der Waals surface area (Å²) >= 11 is 0. The highest BCUT2D eigenvalue weighted by Crippen LogP contribution is 2.47. The van der Waals surface area contributed by atoms with Crippen molar-refractivity contribution in [2.24, 2.45) is 0 Å². The van der Waals surface area contributed by atoms with E-state index in [2.05, 4.69) is 62.5 Å². The van der Waals surface area contributed by atoms with Gasteiger partial charge in [0.2, 0.25) is 0 Å². The average molecular weight is 899 g/mol. The Balaban J connectivity index is 1.74. The first-order chi connectivity index (χ1) is 29.9. The van der Waals surface area contributed by atoms with Crippen LogP contribution < -0.4 is 0 Å². The smallest absolute Gasteiger partial charge is 0.462 e. The number of phosphoric ester groups is 1. The molecule has 2 rings (SSSR count). The number of hydrogen-bond acceptors (Lipinski definition) is 13. The van der Waals surface area contributed by atoms with Crippen LogP contribution in [0.25, 0.3) is 0 Å². The summed E-state index contributed by atoms with van der Waals surface area (Å²) in [5.41, 5.74) is 0. The number of aliphatic hydroxyl groups excluding tert-OH is 5. The molecule has 1 saturated carbocycles. The highest BCUT2D eigenvalue weighted by Gasteiger charge is 2.51. The van der Waals surface area contributed by atoms with Crippen LogP contribution in [0.5, 0.6) is 0 Å². The molecule has 0 aromatic heterocycles. The predicted molar refractivity (Wildman–Crippen MR) is 239 cm³/mol. The van der Waals surface area contributed by atoms with E-state index < -0.39 is 75.7 Å². The molecule has 0 radical (unpaired) electrons. The van der Waals surface area contributed by atoms with Crippen LogP contribution in [0.15, 0.2) is 60.8 Å². The SMILES string of the molecule is CC/C=C\C/C=C\CC1OC1C/C=C\C/C=C\CCCC(=O)OC(COC(=O)CCCCCCC/C=C\CCCCCCCC)COP(=O)(O)OC1C(O)C(O)C(O)C(O)C1O. The first kappa shape index (κ1) is 55.6. The highest BCUT2D eigenvalue weighted by molar-refractivity contribution is 7.47. The van der Waals surface area contributed by atoms with Gasteiger partial charge < -0.3 is 44.6 Å². The van der Waals surface area contributed by atoms with Crippen molar-refractivity contribution in [1.29, 1.82) is 0 Å². The maximum atomic E-state index is 12.8. The lowest BCUT2D eigenvalue weighted by Crippen LogP contribution is -2.64. The van der Waals surface area contributed by atoms with E-state index in [1.807, 2.05) is 12.2 Å². The average Bonchev–Trinajstić information content (AvgIpc) is 4.01. The summed E-state index contributed by atoms with van der Waals surface area (Å²) in [6, 6.07) is 0. The van der Waals surface area contributed by atoms with Gasteiger partial charge in [-0.15, -0.1) is 0 Å². The second-order valence-electron chi connectivity index (χ2n) is 16.3. The Morgan fingerprint density at radius 1 is 0.581 bits per heavy atom. The molecular formula is C47H79O14P. The molecule has 1 saturated heterocycles. The number of allylic oxidation sites excluding steroid dienone is 8. The van der Waals surface area contributed by atoms with Crippen molar-refractivity contribution in [2.75, 3.05) is 13.2 Å². The minimum Gasteiger partial charge on any atom is -0.462 e. The number of carbonyl (C=O) groups is 2. The Morgan fingerprint density at radius 2 is 1.06 bits per heavy atom. The van der Waals surface area contributed by atoms with E-state index in [1.54, 1.807) is 0 Å². The van der Waals surface area contributed by atoms with Crippen molar-refractivity contribution >= 4 is 19.8 Å². The minimum absolute atomic E-state index is 0.00906. The van der Waals surface area contributed by atoms with Gasteiger partial charge in [0.15, 0.2) is 6.10 Å². The molecule has 1 aliphatic heterocycles. The quantitative estimate of drug-likeness (QED) is 0.0116. The molecule has 0 spiro atoms. The standard InChI is InChI=1S/C47H79O14P/c1-3-5-7-9-11-12-13-14-15-16-17-18-21-25-29-33-40(48)57-35-37(36-58-62(55,56)61-47-45(53)43(51)42(50)44(52)46(47)54)59-41(49)34-30-26-22-19-20-24-28-32-39-38(60-39)31-27-23-10-8-6-4-2/h6,8,14-15,19,22-24,27-28,37-39,42-47,50-54H,3-5,7,9-13,16-18,20-21,25-26,29-36H2,1-2H3,(H,55,56)/b8-6-,15-14-,22-19-,27-23-,28-24-.